The van der Waals surface area contributed by atoms with Crippen LogP contribution in [0.25, 0.3) is 0 Å². The number of carbonyl (C=O) groups excluding carboxylic acids is 2. The van der Waals surface area contributed by atoms with Gasteiger partial charge in [-0.1, -0.05) is 60.2 Å². The van der Waals surface area contributed by atoms with Gasteiger partial charge >= 0.3 is 0 Å². The Kier molecular flexibility index (Phi) is 6.22. The Morgan fingerprint density at radius 3 is 2.11 bits per heavy atom. The first-order valence-corrected chi connectivity index (χ1v) is 9.16. The Labute approximate surface area is 165 Å². The molecule has 0 aromatic heterocycles. The molecule has 0 aliphatic rings. The van der Waals surface area contributed by atoms with E-state index in [9.17, 15) is 9.59 Å². The van der Waals surface area contributed by atoms with E-state index < -0.39 is 6.04 Å². The third-order valence-corrected chi connectivity index (χ3v) is 4.62. The number of methoxy groups -OCH3 is 1. The highest BCUT2D eigenvalue weighted by Crippen LogP contribution is 2.23. The fraction of sp³-hybridized carbons (Fsp3) is 0.167. The highest BCUT2D eigenvalue weighted by atomic mass is 16.5. The molecule has 0 radical (unpaired) electrons. The van der Waals surface area contributed by atoms with E-state index in [1.165, 1.54) is 0 Å². The van der Waals surface area contributed by atoms with Gasteiger partial charge in [0.25, 0.3) is 5.91 Å². The van der Waals surface area contributed by atoms with Gasteiger partial charge in [-0.15, -0.1) is 0 Å². The summed E-state index contributed by atoms with van der Waals surface area (Å²) in [7, 11) is 1.60. The number of benzene rings is 3. The zero-order chi connectivity index (χ0) is 19.9. The summed E-state index contributed by atoms with van der Waals surface area (Å²) in [4.78, 5) is 25.5. The van der Waals surface area contributed by atoms with Gasteiger partial charge in [-0.25, -0.2) is 0 Å². The molecular weight excluding hydrogens is 350 g/mol. The molecule has 0 spiro atoms. The highest BCUT2D eigenvalue weighted by Gasteiger charge is 2.20. The monoisotopic (exact) mass is 373 g/mol. The Morgan fingerprint density at radius 2 is 1.50 bits per heavy atom. The SMILES string of the molecule is COc1ccc(C(CC(=O)c2ccc(C)cc2)NC(=O)c2ccccc2)cc1. The first-order valence-electron chi connectivity index (χ1n) is 9.16. The van der Waals surface area contributed by atoms with Crippen LogP contribution in [-0.2, 0) is 0 Å². The Bertz CT molecular complexity index is 932. The maximum Gasteiger partial charge on any atom is 0.251 e. The van der Waals surface area contributed by atoms with Gasteiger partial charge in [-0.3, -0.25) is 9.59 Å². The zero-order valence-corrected chi connectivity index (χ0v) is 16.0. The van der Waals surface area contributed by atoms with Crippen molar-refractivity contribution in [3.05, 3.63) is 101 Å². The summed E-state index contributed by atoms with van der Waals surface area (Å²) in [5.74, 6) is 0.494. The van der Waals surface area contributed by atoms with Gasteiger partial charge in [0.05, 0.1) is 13.2 Å². The molecule has 1 N–H and O–H groups in total. The van der Waals surface area contributed by atoms with Crippen LogP contribution < -0.4 is 10.1 Å². The molecule has 142 valence electrons. The second-order valence-corrected chi connectivity index (χ2v) is 6.66. The van der Waals surface area contributed by atoms with E-state index in [4.69, 9.17) is 4.74 Å². The molecule has 4 heteroatoms. The normalized spacial score (nSPS) is 11.5. The van der Waals surface area contributed by atoms with Gasteiger partial charge in [-0.05, 0) is 36.8 Å². The van der Waals surface area contributed by atoms with Crippen molar-refractivity contribution < 1.29 is 14.3 Å². The molecule has 1 amide bonds. The van der Waals surface area contributed by atoms with Gasteiger partial charge in [0, 0.05) is 17.5 Å². The topological polar surface area (TPSA) is 55.4 Å². The molecule has 3 rings (SSSR count). The molecule has 1 unspecified atom stereocenters. The second kappa shape index (κ2) is 9.00. The first-order chi connectivity index (χ1) is 13.6. The number of ketones is 1. The summed E-state index contributed by atoms with van der Waals surface area (Å²) < 4.78 is 5.21. The lowest BCUT2D eigenvalue weighted by Crippen LogP contribution is -2.30. The summed E-state index contributed by atoms with van der Waals surface area (Å²) in [6.07, 6.45) is 0.175. The lowest BCUT2D eigenvalue weighted by Gasteiger charge is -2.19. The fourth-order valence-corrected chi connectivity index (χ4v) is 2.96. The van der Waals surface area contributed by atoms with Crippen molar-refractivity contribution in [3.8, 4) is 5.75 Å². The van der Waals surface area contributed by atoms with Crippen LogP contribution in [0.2, 0.25) is 0 Å². The van der Waals surface area contributed by atoms with E-state index in [2.05, 4.69) is 5.32 Å². The third-order valence-electron chi connectivity index (χ3n) is 4.62. The van der Waals surface area contributed by atoms with Crippen LogP contribution in [0.4, 0.5) is 0 Å². The van der Waals surface area contributed by atoms with E-state index in [1.54, 1.807) is 19.2 Å². The van der Waals surface area contributed by atoms with Crippen molar-refractivity contribution in [2.24, 2.45) is 0 Å². The molecule has 0 heterocycles. The molecule has 28 heavy (non-hydrogen) atoms. The van der Waals surface area contributed by atoms with Crippen molar-refractivity contribution in [1.82, 2.24) is 5.32 Å². The Balaban J connectivity index is 1.83. The van der Waals surface area contributed by atoms with Crippen LogP contribution in [-0.4, -0.2) is 18.8 Å². The molecule has 0 fully saturated rings. The van der Waals surface area contributed by atoms with Gasteiger partial charge in [-0.2, -0.15) is 0 Å². The van der Waals surface area contributed by atoms with Crippen LogP contribution >= 0.6 is 0 Å². The van der Waals surface area contributed by atoms with Crippen molar-refractivity contribution in [2.75, 3.05) is 7.11 Å². The predicted molar refractivity (Wildman–Crippen MR) is 110 cm³/mol. The predicted octanol–water partition coefficient (Wildman–Crippen LogP) is 4.75. The largest absolute Gasteiger partial charge is 0.497 e. The highest BCUT2D eigenvalue weighted by molar-refractivity contribution is 5.98. The summed E-state index contributed by atoms with van der Waals surface area (Å²) in [6, 6.07) is 23.4. The Hall–Kier alpha value is -3.40. The molecular formula is C24H23NO3. The van der Waals surface area contributed by atoms with E-state index in [-0.39, 0.29) is 18.1 Å². The molecule has 0 aliphatic carbocycles. The lowest BCUT2D eigenvalue weighted by atomic mass is 9.97. The van der Waals surface area contributed by atoms with Crippen LogP contribution in [0.1, 0.15) is 44.3 Å². The molecule has 4 nitrogen and oxygen atoms in total. The van der Waals surface area contributed by atoms with Crippen molar-refractivity contribution >= 4 is 11.7 Å². The molecule has 0 aliphatic heterocycles. The lowest BCUT2D eigenvalue weighted by molar-refractivity contribution is 0.0912. The van der Waals surface area contributed by atoms with E-state index >= 15 is 0 Å². The standard InChI is InChI=1S/C24H23NO3/c1-17-8-10-19(11-9-17)23(26)16-22(18-12-14-21(28-2)15-13-18)25-24(27)20-6-4-3-5-7-20/h3-15,22H,16H2,1-2H3,(H,25,27). The number of Topliss-reactive ketones (excluding diaryl/α,β-unsaturated/α-hetero) is 1. The number of amides is 1. The minimum atomic E-state index is -0.438. The number of hydrogen-bond donors (Lipinski definition) is 1. The molecule has 3 aromatic carbocycles. The van der Waals surface area contributed by atoms with Crippen LogP contribution in [0.5, 0.6) is 5.75 Å². The first kappa shape index (κ1) is 19.4. The maximum absolute atomic E-state index is 12.8. The molecule has 0 bridgehead atoms. The number of carbonyl (C=O) groups is 2. The van der Waals surface area contributed by atoms with Crippen molar-refractivity contribution in [3.63, 3.8) is 0 Å². The summed E-state index contributed by atoms with van der Waals surface area (Å²) in [6.45, 7) is 1.98. The van der Waals surface area contributed by atoms with Gasteiger partial charge < -0.3 is 10.1 Å². The minimum absolute atomic E-state index is 0.0193. The van der Waals surface area contributed by atoms with E-state index in [1.807, 2.05) is 73.7 Å². The Morgan fingerprint density at radius 1 is 0.857 bits per heavy atom. The molecule has 3 aromatic rings. The van der Waals surface area contributed by atoms with Crippen molar-refractivity contribution in [2.45, 2.75) is 19.4 Å². The number of nitrogens with one attached hydrogen (secondary N) is 1. The van der Waals surface area contributed by atoms with Crippen LogP contribution in [0, 0.1) is 6.92 Å². The zero-order valence-electron chi connectivity index (χ0n) is 16.0. The van der Waals surface area contributed by atoms with E-state index in [0.29, 0.717) is 11.1 Å². The second-order valence-electron chi connectivity index (χ2n) is 6.66. The number of rotatable bonds is 7. The van der Waals surface area contributed by atoms with Gasteiger partial charge in [0.2, 0.25) is 0 Å². The van der Waals surface area contributed by atoms with Gasteiger partial charge in [0.15, 0.2) is 5.78 Å². The average molecular weight is 373 g/mol. The number of hydrogen-bond acceptors (Lipinski definition) is 3. The van der Waals surface area contributed by atoms with Crippen LogP contribution in [0.3, 0.4) is 0 Å². The van der Waals surface area contributed by atoms with Gasteiger partial charge in [0.1, 0.15) is 5.75 Å². The summed E-state index contributed by atoms with van der Waals surface area (Å²) in [5, 5.41) is 3.00. The molecule has 0 saturated carbocycles. The molecule has 0 saturated heterocycles. The number of aryl methyl sites for hydroxylation is 1. The van der Waals surface area contributed by atoms with Crippen LogP contribution in [0.15, 0.2) is 78.9 Å². The summed E-state index contributed by atoms with van der Waals surface area (Å²) >= 11 is 0. The molecule has 1 atom stereocenters. The van der Waals surface area contributed by atoms with E-state index in [0.717, 1.165) is 16.9 Å². The smallest absolute Gasteiger partial charge is 0.251 e. The maximum atomic E-state index is 12.8. The quantitative estimate of drug-likeness (QED) is 0.608. The number of ether oxygens (including phenoxy) is 1. The fourth-order valence-electron chi connectivity index (χ4n) is 2.96. The summed E-state index contributed by atoms with van der Waals surface area (Å²) in [5.41, 5.74) is 3.15. The average Bonchev–Trinajstić information content (AvgIpc) is 2.74. The third kappa shape index (κ3) is 4.86. The minimum Gasteiger partial charge on any atom is -0.497 e. The van der Waals surface area contributed by atoms with Crippen molar-refractivity contribution in [1.29, 1.82) is 0 Å².